The van der Waals surface area contributed by atoms with E-state index >= 15 is 0 Å². The molecule has 0 aliphatic heterocycles. The second kappa shape index (κ2) is 7.78. The molecule has 104 valence electrons. The zero-order valence-corrected chi connectivity index (χ0v) is 12.5. The van der Waals surface area contributed by atoms with Crippen LogP contribution in [0.1, 0.15) is 57.6 Å². The Morgan fingerprint density at radius 3 is 2.42 bits per heavy atom. The van der Waals surface area contributed by atoms with Gasteiger partial charge in [0.1, 0.15) is 0 Å². The van der Waals surface area contributed by atoms with E-state index in [0.717, 1.165) is 18.7 Å². The minimum absolute atomic E-state index is 0.197. The smallest absolute Gasteiger partial charge is 0.157 e. The molecule has 0 aromatic heterocycles. The topological polar surface area (TPSA) is 29.1 Å². The van der Waals surface area contributed by atoms with Crippen LogP contribution in [0.15, 0.2) is 36.0 Å². The summed E-state index contributed by atoms with van der Waals surface area (Å²) < 4.78 is 0. The summed E-state index contributed by atoms with van der Waals surface area (Å²) in [7, 11) is 0. The largest absolute Gasteiger partial charge is 0.384 e. The Hall–Kier alpha value is -1.57. The number of hydrogen-bond acceptors (Lipinski definition) is 2. The number of hydrogen-bond donors (Lipinski definition) is 1. The molecule has 0 aliphatic carbocycles. The number of carbonyl (C=O) groups is 1. The lowest BCUT2D eigenvalue weighted by Crippen LogP contribution is -2.12. The third kappa shape index (κ3) is 5.73. The van der Waals surface area contributed by atoms with Crippen LogP contribution in [0.3, 0.4) is 0 Å². The number of ketones is 1. The molecular weight excluding hydrogens is 234 g/mol. The van der Waals surface area contributed by atoms with Gasteiger partial charge in [0.25, 0.3) is 0 Å². The van der Waals surface area contributed by atoms with Gasteiger partial charge in [-0.2, -0.15) is 0 Å². The molecule has 0 fully saturated rings. The second-order valence-corrected chi connectivity index (χ2v) is 5.29. The van der Waals surface area contributed by atoms with Crippen LogP contribution in [0, 0.1) is 0 Å². The van der Waals surface area contributed by atoms with Crippen LogP contribution in [0.5, 0.6) is 0 Å². The number of nitrogens with one attached hydrogen (secondary N) is 1. The van der Waals surface area contributed by atoms with Crippen LogP contribution < -0.4 is 5.32 Å². The Kier molecular flexibility index (Phi) is 6.34. The van der Waals surface area contributed by atoms with Crippen molar-refractivity contribution >= 4 is 5.78 Å². The van der Waals surface area contributed by atoms with Gasteiger partial charge in [0.15, 0.2) is 5.78 Å². The summed E-state index contributed by atoms with van der Waals surface area (Å²) in [5, 5.41) is 3.28. The van der Waals surface area contributed by atoms with Crippen molar-refractivity contribution in [1.82, 2.24) is 5.32 Å². The first kappa shape index (κ1) is 15.5. The summed E-state index contributed by atoms with van der Waals surface area (Å²) in [4.78, 5) is 11.5. The van der Waals surface area contributed by atoms with Gasteiger partial charge in [-0.3, -0.25) is 4.79 Å². The minimum Gasteiger partial charge on any atom is -0.384 e. The van der Waals surface area contributed by atoms with Crippen LogP contribution in [-0.2, 0) is 11.3 Å². The van der Waals surface area contributed by atoms with E-state index in [2.05, 4.69) is 43.4 Å². The molecule has 2 nitrogen and oxygen atoms in total. The van der Waals surface area contributed by atoms with Crippen molar-refractivity contribution in [2.75, 3.05) is 0 Å². The van der Waals surface area contributed by atoms with Gasteiger partial charge in [0.05, 0.1) is 0 Å². The molecule has 0 spiro atoms. The molecule has 19 heavy (non-hydrogen) atoms. The number of benzene rings is 1. The van der Waals surface area contributed by atoms with Crippen molar-refractivity contribution in [1.29, 1.82) is 0 Å². The molecule has 0 saturated heterocycles. The van der Waals surface area contributed by atoms with E-state index < -0.39 is 0 Å². The zero-order valence-electron chi connectivity index (χ0n) is 12.5. The van der Waals surface area contributed by atoms with Crippen molar-refractivity contribution < 1.29 is 4.79 Å². The molecule has 0 unspecified atom stereocenters. The SMILES string of the molecule is CCCC(=O)/C=C(/C)NCc1ccc(C(C)C)cc1. The molecule has 1 rings (SSSR count). The Labute approximate surface area is 116 Å². The van der Waals surface area contributed by atoms with Crippen molar-refractivity contribution in [3.05, 3.63) is 47.2 Å². The van der Waals surface area contributed by atoms with Crippen LogP contribution in [0.4, 0.5) is 0 Å². The van der Waals surface area contributed by atoms with Crippen LogP contribution in [0.2, 0.25) is 0 Å². The van der Waals surface area contributed by atoms with Crippen LogP contribution in [0.25, 0.3) is 0 Å². The van der Waals surface area contributed by atoms with E-state index in [1.54, 1.807) is 6.08 Å². The number of carbonyl (C=O) groups excluding carboxylic acids is 1. The summed E-state index contributed by atoms with van der Waals surface area (Å²) in [6.45, 7) is 9.11. The third-order valence-electron chi connectivity index (χ3n) is 3.09. The highest BCUT2D eigenvalue weighted by molar-refractivity contribution is 5.90. The average molecular weight is 259 g/mol. The first-order valence-corrected chi connectivity index (χ1v) is 7.06. The van der Waals surface area contributed by atoms with E-state index in [0.29, 0.717) is 12.3 Å². The molecule has 1 aromatic rings. The van der Waals surface area contributed by atoms with E-state index in [1.165, 1.54) is 11.1 Å². The van der Waals surface area contributed by atoms with E-state index in [-0.39, 0.29) is 5.78 Å². The summed E-state index contributed by atoms with van der Waals surface area (Å²) in [5.41, 5.74) is 3.53. The molecule has 0 bridgehead atoms. The van der Waals surface area contributed by atoms with E-state index in [9.17, 15) is 4.79 Å². The molecule has 0 saturated carbocycles. The molecule has 2 heteroatoms. The van der Waals surface area contributed by atoms with Crippen LogP contribution >= 0.6 is 0 Å². The zero-order chi connectivity index (χ0) is 14.3. The monoisotopic (exact) mass is 259 g/mol. The van der Waals surface area contributed by atoms with Crippen molar-refractivity contribution in [2.24, 2.45) is 0 Å². The fourth-order valence-corrected chi connectivity index (χ4v) is 1.87. The number of allylic oxidation sites excluding steroid dienone is 2. The first-order valence-electron chi connectivity index (χ1n) is 7.06. The minimum atomic E-state index is 0.197. The van der Waals surface area contributed by atoms with Crippen LogP contribution in [-0.4, -0.2) is 5.78 Å². The van der Waals surface area contributed by atoms with Crippen molar-refractivity contribution in [3.63, 3.8) is 0 Å². The maximum atomic E-state index is 11.5. The fraction of sp³-hybridized carbons (Fsp3) is 0.471. The van der Waals surface area contributed by atoms with Gasteiger partial charge in [0, 0.05) is 18.7 Å². The molecule has 0 atom stereocenters. The van der Waals surface area contributed by atoms with Gasteiger partial charge < -0.3 is 5.32 Å². The fourth-order valence-electron chi connectivity index (χ4n) is 1.87. The molecule has 0 amide bonds. The highest BCUT2D eigenvalue weighted by Crippen LogP contribution is 2.14. The van der Waals surface area contributed by atoms with Gasteiger partial charge >= 0.3 is 0 Å². The highest BCUT2D eigenvalue weighted by Gasteiger charge is 2.00. The predicted molar refractivity (Wildman–Crippen MR) is 81.0 cm³/mol. The molecule has 1 N–H and O–H groups in total. The quantitative estimate of drug-likeness (QED) is 0.744. The Bertz CT molecular complexity index is 429. The molecule has 0 radical (unpaired) electrons. The first-order chi connectivity index (χ1) is 9.02. The molecular formula is C17H25NO. The Morgan fingerprint density at radius 1 is 1.26 bits per heavy atom. The lowest BCUT2D eigenvalue weighted by molar-refractivity contribution is -0.114. The lowest BCUT2D eigenvalue weighted by Gasteiger charge is -2.09. The normalized spacial score (nSPS) is 11.7. The van der Waals surface area contributed by atoms with Gasteiger partial charge in [-0.05, 0) is 36.5 Å². The number of rotatable bonds is 7. The van der Waals surface area contributed by atoms with Gasteiger partial charge in [-0.1, -0.05) is 45.0 Å². The maximum absolute atomic E-state index is 11.5. The highest BCUT2D eigenvalue weighted by atomic mass is 16.1. The summed E-state index contributed by atoms with van der Waals surface area (Å²) in [6, 6.07) is 8.62. The lowest BCUT2D eigenvalue weighted by atomic mass is 10.0. The Morgan fingerprint density at radius 2 is 1.89 bits per heavy atom. The summed E-state index contributed by atoms with van der Waals surface area (Å²) in [5.74, 6) is 0.762. The average Bonchev–Trinajstić information content (AvgIpc) is 2.37. The molecule has 1 aromatic carbocycles. The Balaban J connectivity index is 2.50. The van der Waals surface area contributed by atoms with Crippen molar-refractivity contribution in [3.8, 4) is 0 Å². The molecule has 0 heterocycles. The summed E-state index contributed by atoms with van der Waals surface area (Å²) in [6.07, 6.45) is 3.23. The standard InChI is InChI=1S/C17H25NO/c1-5-6-17(19)11-14(4)18-12-15-7-9-16(10-8-15)13(2)3/h7-11,13,18H,5-6,12H2,1-4H3/b14-11-. The van der Waals surface area contributed by atoms with Crippen molar-refractivity contribution in [2.45, 2.75) is 53.0 Å². The molecule has 0 aliphatic rings. The third-order valence-corrected chi connectivity index (χ3v) is 3.09. The van der Waals surface area contributed by atoms with Gasteiger partial charge in [0.2, 0.25) is 0 Å². The second-order valence-electron chi connectivity index (χ2n) is 5.29. The van der Waals surface area contributed by atoms with E-state index in [1.807, 2.05) is 13.8 Å². The van der Waals surface area contributed by atoms with Gasteiger partial charge in [-0.25, -0.2) is 0 Å². The predicted octanol–water partition coefficient (Wildman–Crippen LogP) is 4.17. The summed E-state index contributed by atoms with van der Waals surface area (Å²) >= 11 is 0. The van der Waals surface area contributed by atoms with E-state index in [4.69, 9.17) is 0 Å². The maximum Gasteiger partial charge on any atom is 0.157 e. The van der Waals surface area contributed by atoms with Gasteiger partial charge in [-0.15, -0.1) is 0 Å².